The molecule has 1 aliphatic heterocycles. The summed E-state index contributed by atoms with van der Waals surface area (Å²) in [6.45, 7) is 3.77. The van der Waals surface area contributed by atoms with E-state index in [1.807, 2.05) is 19.1 Å². The second-order valence-corrected chi connectivity index (χ2v) is 4.96. The third-order valence-corrected chi connectivity index (χ3v) is 3.37. The Bertz CT molecular complexity index is 609. The Balaban J connectivity index is 0.00000110. The molecule has 0 aromatic carbocycles. The van der Waals surface area contributed by atoms with Crippen LogP contribution in [0.1, 0.15) is 29.1 Å². The number of aromatic nitrogens is 1. The number of rotatable bonds is 2. The fourth-order valence-electron chi connectivity index (χ4n) is 2.37. The van der Waals surface area contributed by atoms with Crippen molar-refractivity contribution in [1.29, 1.82) is 0 Å². The maximum atomic E-state index is 12.1. The number of nitrogens with one attached hydrogen (secondary N) is 2. The van der Waals surface area contributed by atoms with Crippen molar-refractivity contribution in [1.82, 2.24) is 15.6 Å². The topological polar surface area (TPSA) is 67.2 Å². The molecular weight excluding hydrogens is 313 g/mol. The van der Waals surface area contributed by atoms with Gasteiger partial charge in [-0.2, -0.15) is 0 Å². The SMILES string of the molecule is Cc1ccc2oc(C(=O)NC3CCCNC3)cc2n1.Cl.Cl. The molecule has 21 heavy (non-hydrogen) atoms. The van der Waals surface area contributed by atoms with E-state index < -0.39 is 0 Å². The number of carbonyl (C=O) groups is 1. The van der Waals surface area contributed by atoms with Crippen molar-refractivity contribution in [3.63, 3.8) is 0 Å². The van der Waals surface area contributed by atoms with Gasteiger partial charge in [0.05, 0.1) is 0 Å². The monoisotopic (exact) mass is 331 g/mol. The van der Waals surface area contributed by atoms with Gasteiger partial charge in [-0.05, 0) is 38.4 Å². The second kappa shape index (κ2) is 7.64. The molecule has 116 valence electrons. The summed E-state index contributed by atoms with van der Waals surface area (Å²) in [5.74, 6) is 0.169. The average Bonchev–Trinajstić information content (AvgIpc) is 2.83. The van der Waals surface area contributed by atoms with Gasteiger partial charge in [0.1, 0.15) is 5.52 Å². The minimum absolute atomic E-state index is 0. The molecule has 0 spiro atoms. The number of piperidine rings is 1. The van der Waals surface area contributed by atoms with Gasteiger partial charge >= 0.3 is 0 Å². The lowest BCUT2D eigenvalue weighted by molar-refractivity contribution is 0.0905. The molecule has 1 fully saturated rings. The summed E-state index contributed by atoms with van der Waals surface area (Å²) in [6, 6.07) is 5.60. The lowest BCUT2D eigenvalue weighted by atomic mass is 10.1. The summed E-state index contributed by atoms with van der Waals surface area (Å²) in [4.78, 5) is 16.4. The van der Waals surface area contributed by atoms with Crippen molar-refractivity contribution < 1.29 is 9.21 Å². The lowest BCUT2D eigenvalue weighted by Crippen LogP contribution is -2.45. The summed E-state index contributed by atoms with van der Waals surface area (Å²) in [6.07, 6.45) is 2.10. The molecule has 0 bridgehead atoms. The highest BCUT2D eigenvalue weighted by atomic mass is 35.5. The number of carbonyl (C=O) groups excluding carboxylic acids is 1. The Morgan fingerprint density at radius 2 is 2.24 bits per heavy atom. The van der Waals surface area contributed by atoms with Crippen LogP contribution in [-0.4, -0.2) is 30.0 Å². The van der Waals surface area contributed by atoms with Crippen LogP contribution in [0.5, 0.6) is 0 Å². The zero-order valence-corrected chi connectivity index (χ0v) is 13.4. The summed E-state index contributed by atoms with van der Waals surface area (Å²) >= 11 is 0. The van der Waals surface area contributed by atoms with E-state index in [1.165, 1.54) is 0 Å². The van der Waals surface area contributed by atoms with E-state index in [-0.39, 0.29) is 36.8 Å². The molecule has 1 amide bonds. The number of furan rings is 1. The smallest absolute Gasteiger partial charge is 0.287 e. The van der Waals surface area contributed by atoms with Gasteiger partial charge in [-0.25, -0.2) is 4.98 Å². The Morgan fingerprint density at radius 3 is 2.95 bits per heavy atom. The van der Waals surface area contributed by atoms with E-state index >= 15 is 0 Å². The van der Waals surface area contributed by atoms with Gasteiger partial charge in [-0.3, -0.25) is 4.79 Å². The molecule has 0 radical (unpaired) electrons. The molecule has 3 heterocycles. The number of pyridine rings is 1. The van der Waals surface area contributed by atoms with Gasteiger partial charge in [-0.1, -0.05) is 0 Å². The van der Waals surface area contributed by atoms with E-state index in [0.29, 0.717) is 11.3 Å². The molecule has 2 aromatic heterocycles. The third-order valence-electron chi connectivity index (χ3n) is 3.37. The number of amides is 1. The van der Waals surface area contributed by atoms with E-state index in [2.05, 4.69) is 15.6 Å². The predicted molar refractivity (Wildman–Crippen MR) is 86.6 cm³/mol. The Labute approximate surface area is 135 Å². The Hall–Kier alpha value is -1.30. The molecular formula is C14H19Cl2N3O2. The van der Waals surface area contributed by atoms with Crippen molar-refractivity contribution in [3.8, 4) is 0 Å². The van der Waals surface area contributed by atoms with E-state index in [1.54, 1.807) is 6.07 Å². The predicted octanol–water partition coefficient (Wildman–Crippen LogP) is 2.46. The van der Waals surface area contributed by atoms with Gasteiger partial charge in [-0.15, -0.1) is 24.8 Å². The van der Waals surface area contributed by atoms with Crippen LogP contribution in [-0.2, 0) is 0 Å². The molecule has 5 nitrogen and oxygen atoms in total. The van der Waals surface area contributed by atoms with Crippen LogP contribution in [0.15, 0.2) is 22.6 Å². The molecule has 1 atom stereocenters. The van der Waals surface area contributed by atoms with Crippen molar-refractivity contribution in [2.45, 2.75) is 25.8 Å². The Kier molecular flexibility index (Phi) is 6.45. The van der Waals surface area contributed by atoms with Gasteiger partial charge < -0.3 is 15.1 Å². The fraction of sp³-hybridized carbons (Fsp3) is 0.429. The van der Waals surface area contributed by atoms with Gasteiger partial charge in [0, 0.05) is 24.3 Å². The summed E-state index contributed by atoms with van der Waals surface area (Å²) in [7, 11) is 0. The molecule has 2 N–H and O–H groups in total. The van der Waals surface area contributed by atoms with E-state index in [0.717, 1.165) is 37.1 Å². The molecule has 1 saturated heterocycles. The van der Waals surface area contributed by atoms with Gasteiger partial charge in [0.25, 0.3) is 5.91 Å². The van der Waals surface area contributed by atoms with E-state index in [4.69, 9.17) is 4.42 Å². The maximum Gasteiger partial charge on any atom is 0.287 e. The number of aryl methyl sites for hydroxylation is 1. The van der Waals surface area contributed by atoms with Crippen molar-refractivity contribution >= 4 is 41.8 Å². The van der Waals surface area contributed by atoms with Crippen LogP contribution in [0.4, 0.5) is 0 Å². The lowest BCUT2D eigenvalue weighted by Gasteiger charge is -2.23. The van der Waals surface area contributed by atoms with Crippen LogP contribution in [0.2, 0.25) is 0 Å². The van der Waals surface area contributed by atoms with Gasteiger partial charge in [0.2, 0.25) is 0 Å². The maximum absolute atomic E-state index is 12.1. The van der Waals surface area contributed by atoms with Crippen molar-refractivity contribution in [3.05, 3.63) is 29.7 Å². The quantitative estimate of drug-likeness (QED) is 0.887. The third kappa shape index (κ3) is 4.09. The Morgan fingerprint density at radius 1 is 1.43 bits per heavy atom. The number of hydrogen-bond donors (Lipinski definition) is 2. The zero-order chi connectivity index (χ0) is 13.2. The molecule has 7 heteroatoms. The molecule has 0 aliphatic carbocycles. The molecule has 1 aliphatic rings. The summed E-state index contributed by atoms with van der Waals surface area (Å²) in [5, 5.41) is 6.26. The average molecular weight is 332 g/mol. The summed E-state index contributed by atoms with van der Waals surface area (Å²) < 4.78 is 5.53. The first-order valence-electron chi connectivity index (χ1n) is 6.61. The first-order chi connectivity index (χ1) is 9.22. The van der Waals surface area contributed by atoms with Crippen LogP contribution in [0.3, 0.4) is 0 Å². The van der Waals surface area contributed by atoms with Gasteiger partial charge in [0.15, 0.2) is 11.3 Å². The largest absolute Gasteiger partial charge is 0.449 e. The normalized spacial score (nSPS) is 17.7. The van der Waals surface area contributed by atoms with Crippen LogP contribution in [0.25, 0.3) is 11.1 Å². The van der Waals surface area contributed by atoms with Crippen LogP contribution < -0.4 is 10.6 Å². The molecule has 0 saturated carbocycles. The summed E-state index contributed by atoms with van der Waals surface area (Å²) in [5.41, 5.74) is 2.29. The standard InChI is InChI=1S/C14H17N3O2.2ClH/c1-9-4-5-12-11(16-9)7-13(19-12)14(18)17-10-3-2-6-15-8-10;;/h4-5,7,10,15H,2-3,6,8H2,1H3,(H,17,18);2*1H. The fourth-order valence-corrected chi connectivity index (χ4v) is 2.37. The number of nitrogens with zero attached hydrogens (tertiary/aromatic N) is 1. The molecule has 2 aromatic rings. The minimum Gasteiger partial charge on any atom is -0.449 e. The number of halogens is 2. The minimum atomic E-state index is -0.163. The second-order valence-electron chi connectivity index (χ2n) is 4.96. The zero-order valence-electron chi connectivity index (χ0n) is 11.7. The highest BCUT2D eigenvalue weighted by Crippen LogP contribution is 2.18. The first kappa shape index (κ1) is 17.8. The van der Waals surface area contributed by atoms with Crippen LogP contribution in [0, 0.1) is 6.92 Å². The van der Waals surface area contributed by atoms with Crippen LogP contribution >= 0.6 is 24.8 Å². The number of fused-ring (bicyclic) bond motifs is 1. The highest BCUT2D eigenvalue weighted by molar-refractivity contribution is 5.95. The van der Waals surface area contributed by atoms with E-state index in [9.17, 15) is 4.79 Å². The number of hydrogen-bond acceptors (Lipinski definition) is 4. The van der Waals surface area contributed by atoms with Crippen molar-refractivity contribution in [2.75, 3.05) is 13.1 Å². The molecule has 1 unspecified atom stereocenters. The highest BCUT2D eigenvalue weighted by Gasteiger charge is 2.19. The first-order valence-corrected chi connectivity index (χ1v) is 6.61. The van der Waals surface area contributed by atoms with Crippen molar-refractivity contribution in [2.24, 2.45) is 0 Å². The molecule has 3 rings (SSSR count).